The summed E-state index contributed by atoms with van der Waals surface area (Å²) >= 11 is 5.56. The fraction of sp³-hybridized carbons (Fsp3) is 0.500. The van der Waals surface area contributed by atoms with E-state index in [2.05, 4.69) is 4.72 Å². The summed E-state index contributed by atoms with van der Waals surface area (Å²) < 4.78 is 44.4. The molecule has 0 spiro atoms. The number of hydrogen-bond donors (Lipinski definition) is 1. The molecule has 0 heterocycles. The second-order valence-corrected chi connectivity index (χ2v) is 7.84. The van der Waals surface area contributed by atoms with E-state index >= 15 is 0 Å². The molecule has 0 atom stereocenters. The zero-order valence-electron chi connectivity index (χ0n) is 12.7. The molecule has 124 valence electrons. The van der Waals surface area contributed by atoms with Crippen LogP contribution in [0.2, 0.25) is 5.02 Å². The first kappa shape index (κ1) is 18.9. The Morgan fingerprint density at radius 3 is 2.55 bits per heavy atom. The minimum atomic E-state index is -3.79. The van der Waals surface area contributed by atoms with E-state index < -0.39 is 27.4 Å². The van der Waals surface area contributed by atoms with Crippen molar-refractivity contribution >= 4 is 27.6 Å². The van der Waals surface area contributed by atoms with Gasteiger partial charge in [0.1, 0.15) is 11.4 Å². The molecule has 0 unspecified atom stereocenters. The van der Waals surface area contributed by atoms with Gasteiger partial charge in [-0.3, -0.25) is 4.79 Å². The molecule has 0 bridgehead atoms. The van der Waals surface area contributed by atoms with Crippen molar-refractivity contribution in [2.75, 3.05) is 6.54 Å². The largest absolute Gasteiger partial charge is 0.460 e. The van der Waals surface area contributed by atoms with Gasteiger partial charge in [-0.25, -0.2) is 17.5 Å². The van der Waals surface area contributed by atoms with Crippen LogP contribution >= 0.6 is 11.6 Å². The van der Waals surface area contributed by atoms with Gasteiger partial charge in [-0.1, -0.05) is 11.6 Å². The lowest BCUT2D eigenvalue weighted by Crippen LogP contribution is -2.27. The molecule has 0 aliphatic carbocycles. The van der Waals surface area contributed by atoms with Crippen LogP contribution in [0.15, 0.2) is 23.1 Å². The van der Waals surface area contributed by atoms with E-state index in [9.17, 15) is 17.6 Å². The first-order valence-corrected chi connectivity index (χ1v) is 8.54. The predicted octanol–water partition coefficient (Wildman–Crippen LogP) is 2.88. The number of sulfonamides is 1. The lowest BCUT2D eigenvalue weighted by Gasteiger charge is -2.19. The fourth-order valence-electron chi connectivity index (χ4n) is 1.56. The number of ether oxygens (including phenoxy) is 1. The molecule has 22 heavy (non-hydrogen) atoms. The van der Waals surface area contributed by atoms with Gasteiger partial charge in [0, 0.05) is 13.0 Å². The van der Waals surface area contributed by atoms with Crippen LogP contribution < -0.4 is 4.72 Å². The maximum Gasteiger partial charge on any atom is 0.306 e. The summed E-state index contributed by atoms with van der Waals surface area (Å²) in [5.41, 5.74) is -0.568. The number of nitrogens with one attached hydrogen (secondary N) is 1. The Kier molecular flexibility index (Phi) is 6.34. The van der Waals surface area contributed by atoms with E-state index in [1.54, 1.807) is 20.8 Å². The maximum absolute atomic E-state index is 13.0. The first-order chi connectivity index (χ1) is 10.0. The van der Waals surface area contributed by atoms with Gasteiger partial charge in [0.2, 0.25) is 10.0 Å². The topological polar surface area (TPSA) is 72.5 Å². The van der Waals surface area contributed by atoms with Crippen LogP contribution in [0, 0.1) is 5.82 Å². The highest BCUT2D eigenvalue weighted by Gasteiger charge is 2.17. The smallest absolute Gasteiger partial charge is 0.306 e. The second-order valence-electron chi connectivity index (χ2n) is 5.66. The van der Waals surface area contributed by atoms with Crippen molar-refractivity contribution in [3.8, 4) is 0 Å². The van der Waals surface area contributed by atoms with Gasteiger partial charge >= 0.3 is 5.97 Å². The molecular weight excluding hydrogens is 333 g/mol. The van der Waals surface area contributed by atoms with Crippen molar-refractivity contribution in [3.63, 3.8) is 0 Å². The van der Waals surface area contributed by atoms with Gasteiger partial charge in [-0.15, -0.1) is 0 Å². The zero-order valence-corrected chi connectivity index (χ0v) is 14.2. The van der Waals surface area contributed by atoms with Crippen molar-refractivity contribution < 1.29 is 22.3 Å². The molecular formula is C14H19ClFNO4S. The molecule has 0 saturated heterocycles. The van der Waals surface area contributed by atoms with Crippen LogP contribution in [0.25, 0.3) is 0 Å². The summed E-state index contributed by atoms with van der Waals surface area (Å²) in [5, 5.41) is -0.267. The number of rotatable bonds is 6. The zero-order chi connectivity index (χ0) is 17.0. The van der Waals surface area contributed by atoms with Gasteiger partial charge in [0.05, 0.1) is 9.92 Å². The monoisotopic (exact) mass is 351 g/mol. The van der Waals surface area contributed by atoms with Gasteiger partial charge in [0.25, 0.3) is 0 Å². The van der Waals surface area contributed by atoms with Crippen molar-refractivity contribution in [1.29, 1.82) is 0 Å². The number of hydrogen-bond acceptors (Lipinski definition) is 4. The molecule has 0 amide bonds. The van der Waals surface area contributed by atoms with Gasteiger partial charge in [0.15, 0.2) is 0 Å². The van der Waals surface area contributed by atoms with Crippen LogP contribution in [0.4, 0.5) is 4.39 Å². The summed E-state index contributed by atoms with van der Waals surface area (Å²) in [6, 6.07) is 3.14. The highest BCUT2D eigenvalue weighted by atomic mass is 35.5. The Labute approximate surface area is 134 Å². The minimum Gasteiger partial charge on any atom is -0.460 e. The van der Waals surface area contributed by atoms with E-state index in [-0.39, 0.29) is 22.9 Å². The summed E-state index contributed by atoms with van der Waals surface area (Å²) in [4.78, 5) is 11.3. The van der Waals surface area contributed by atoms with E-state index in [1.165, 1.54) is 0 Å². The van der Waals surface area contributed by atoms with E-state index in [0.717, 1.165) is 18.2 Å². The van der Waals surface area contributed by atoms with E-state index in [1.807, 2.05) is 0 Å². The quantitative estimate of drug-likeness (QED) is 0.631. The predicted molar refractivity (Wildman–Crippen MR) is 81.7 cm³/mol. The summed E-state index contributed by atoms with van der Waals surface area (Å²) in [7, 11) is -3.79. The highest BCUT2D eigenvalue weighted by Crippen LogP contribution is 2.19. The first-order valence-electron chi connectivity index (χ1n) is 6.68. The Morgan fingerprint density at radius 1 is 1.36 bits per heavy atom. The van der Waals surface area contributed by atoms with Crippen LogP contribution in [0.3, 0.4) is 0 Å². The fourth-order valence-corrected chi connectivity index (χ4v) is 2.90. The Bertz CT molecular complexity index is 641. The van der Waals surface area contributed by atoms with E-state index in [4.69, 9.17) is 16.3 Å². The van der Waals surface area contributed by atoms with Crippen LogP contribution in [-0.4, -0.2) is 26.5 Å². The third kappa shape index (κ3) is 6.29. The molecule has 0 aliphatic heterocycles. The highest BCUT2D eigenvalue weighted by molar-refractivity contribution is 7.89. The van der Waals surface area contributed by atoms with E-state index in [0.29, 0.717) is 6.42 Å². The Morgan fingerprint density at radius 2 is 2.00 bits per heavy atom. The molecule has 0 saturated carbocycles. The number of benzene rings is 1. The normalized spacial score (nSPS) is 12.2. The van der Waals surface area contributed by atoms with Crippen LogP contribution in [0.5, 0.6) is 0 Å². The molecule has 0 aliphatic rings. The van der Waals surface area contributed by atoms with Crippen LogP contribution in [-0.2, 0) is 19.6 Å². The number of carbonyl (C=O) groups is 1. The molecule has 1 aromatic rings. The summed E-state index contributed by atoms with van der Waals surface area (Å²) in [5.74, 6) is -1.08. The van der Waals surface area contributed by atoms with Gasteiger partial charge < -0.3 is 4.74 Å². The van der Waals surface area contributed by atoms with Crippen LogP contribution in [0.1, 0.15) is 33.6 Å². The molecule has 0 aromatic heterocycles. The Hall–Kier alpha value is -1.18. The molecule has 1 N–H and O–H groups in total. The molecule has 0 fully saturated rings. The molecule has 0 radical (unpaired) electrons. The molecule has 8 heteroatoms. The second kappa shape index (κ2) is 7.39. The van der Waals surface area contributed by atoms with Crippen molar-refractivity contribution in [2.24, 2.45) is 0 Å². The number of carbonyl (C=O) groups excluding carboxylic acids is 1. The Balaban J connectivity index is 2.50. The summed E-state index contributed by atoms with van der Waals surface area (Å²) in [6.45, 7) is 5.33. The van der Waals surface area contributed by atoms with Crippen molar-refractivity contribution in [2.45, 2.75) is 44.1 Å². The summed E-state index contributed by atoms with van der Waals surface area (Å²) in [6.07, 6.45) is 0.396. The van der Waals surface area contributed by atoms with Crippen molar-refractivity contribution in [3.05, 3.63) is 29.0 Å². The molecule has 1 rings (SSSR count). The molecule has 5 nitrogen and oxygen atoms in total. The van der Waals surface area contributed by atoms with Gasteiger partial charge in [-0.2, -0.15) is 0 Å². The standard InChI is InChI=1S/C14H19ClFNO4S/c1-14(2,3)21-13(18)5-4-8-17-22(19,20)10-6-7-12(16)11(15)9-10/h6-7,9,17H,4-5,8H2,1-3H3. The average molecular weight is 352 g/mol. The van der Waals surface area contributed by atoms with Crippen molar-refractivity contribution in [1.82, 2.24) is 4.72 Å². The average Bonchev–Trinajstić information content (AvgIpc) is 2.36. The minimum absolute atomic E-state index is 0.0660. The SMILES string of the molecule is CC(C)(C)OC(=O)CCCNS(=O)(=O)c1ccc(F)c(Cl)c1. The van der Waals surface area contributed by atoms with Gasteiger partial charge in [-0.05, 0) is 45.4 Å². The lowest BCUT2D eigenvalue weighted by atomic mass is 10.2. The third-order valence-corrected chi connectivity index (χ3v) is 4.22. The lowest BCUT2D eigenvalue weighted by molar-refractivity contribution is -0.154. The third-order valence-electron chi connectivity index (χ3n) is 2.47. The maximum atomic E-state index is 13.0. The number of halogens is 2. The molecule has 1 aromatic carbocycles. The number of esters is 1.